The van der Waals surface area contributed by atoms with Crippen LogP contribution in [0.25, 0.3) is 11.4 Å². The number of aryl methyl sites for hydroxylation is 1. The first-order chi connectivity index (χ1) is 14.1. The molecule has 0 spiro atoms. The second-order valence-electron chi connectivity index (χ2n) is 7.14. The maximum Gasteiger partial charge on any atom is 0.316 e. The molecule has 0 bridgehead atoms. The van der Waals surface area contributed by atoms with Crippen molar-refractivity contribution >= 4 is 17.4 Å². The predicted molar refractivity (Wildman–Crippen MR) is 107 cm³/mol. The molecule has 1 aliphatic rings. The zero-order chi connectivity index (χ0) is 20.2. The smallest absolute Gasteiger partial charge is 0.316 e. The highest BCUT2D eigenvalue weighted by Crippen LogP contribution is 2.22. The number of halogens is 1. The third kappa shape index (κ3) is 4.42. The monoisotopic (exact) mass is 395 g/mol. The van der Waals surface area contributed by atoms with Crippen LogP contribution in [0, 0.1) is 12.7 Å². The normalized spacial score (nSPS) is 14.5. The minimum Gasteiger partial charge on any atom is -0.357 e. The summed E-state index contributed by atoms with van der Waals surface area (Å²) in [4.78, 5) is 23.3. The van der Waals surface area contributed by atoms with Crippen molar-refractivity contribution < 1.29 is 13.7 Å². The number of anilines is 2. The van der Waals surface area contributed by atoms with Gasteiger partial charge in [0.05, 0.1) is 0 Å². The molecule has 0 unspecified atom stereocenters. The van der Waals surface area contributed by atoms with Crippen molar-refractivity contribution in [2.75, 3.05) is 23.3 Å². The Bertz CT molecular complexity index is 995. The molecule has 1 fully saturated rings. The molecule has 0 aliphatic carbocycles. The molecule has 1 amide bonds. The van der Waals surface area contributed by atoms with Crippen LogP contribution in [0.2, 0.25) is 0 Å². The maximum atomic E-state index is 13.4. The first-order valence-electron chi connectivity index (χ1n) is 9.73. The number of nitrogens with one attached hydrogen (secondary N) is 1. The number of rotatable bonds is 4. The van der Waals surface area contributed by atoms with Crippen molar-refractivity contribution in [2.45, 2.75) is 32.6 Å². The first-order valence-corrected chi connectivity index (χ1v) is 9.73. The molecule has 3 aromatic rings. The van der Waals surface area contributed by atoms with Crippen LogP contribution in [-0.4, -0.2) is 34.1 Å². The van der Waals surface area contributed by atoms with Crippen molar-refractivity contribution in [2.24, 2.45) is 0 Å². The number of carbonyl (C=O) groups excluding carboxylic acids is 1. The lowest BCUT2D eigenvalue weighted by Crippen LogP contribution is -2.24. The van der Waals surface area contributed by atoms with Crippen LogP contribution < -0.4 is 10.2 Å². The molecule has 0 atom stereocenters. The Morgan fingerprint density at radius 3 is 2.66 bits per heavy atom. The number of hydrogen-bond donors (Lipinski definition) is 1. The Kier molecular flexibility index (Phi) is 5.50. The van der Waals surface area contributed by atoms with Crippen LogP contribution >= 0.6 is 0 Å². The summed E-state index contributed by atoms with van der Waals surface area (Å²) in [6.07, 6.45) is 6.56. The van der Waals surface area contributed by atoms with Crippen LogP contribution in [0.5, 0.6) is 0 Å². The molecule has 29 heavy (non-hydrogen) atoms. The van der Waals surface area contributed by atoms with Crippen molar-refractivity contribution in [1.29, 1.82) is 0 Å². The minimum absolute atomic E-state index is 0.194. The number of amides is 1. The number of carbonyl (C=O) groups is 1. The molecule has 1 aliphatic heterocycles. The Morgan fingerprint density at radius 2 is 1.93 bits per heavy atom. The fraction of sp³-hybridized carbons (Fsp3) is 0.333. The summed E-state index contributed by atoms with van der Waals surface area (Å²) in [6.45, 7) is 3.79. The molecule has 4 rings (SSSR count). The lowest BCUT2D eigenvalue weighted by molar-refractivity contribution is 0.0981. The Hall–Kier alpha value is -3.29. The third-order valence-electron chi connectivity index (χ3n) is 5.00. The molecule has 7 nitrogen and oxygen atoms in total. The molecule has 0 saturated carbocycles. The number of benzene rings is 1. The Morgan fingerprint density at radius 1 is 1.14 bits per heavy atom. The van der Waals surface area contributed by atoms with Gasteiger partial charge >= 0.3 is 11.8 Å². The van der Waals surface area contributed by atoms with Gasteiger partial charge in [-0.25, -0.2) is 9.37 Å². The SMILES string of the molecule is Cc1ccc(F)cc1NC(=O)c1nc(-c2ccc(N3CCCCCC3)nc2)no1. The molecular weight excluding hydrogens is 373 g/mol. The fourth-order valence-electron chi connectivity index (χ4n) is 3.34. The summed E-state index contributed by atoms with van der Waals surface area (Å²) < 4.78 is 18.5. The fourth-order valence-corrected chi connectivity index (χ4v) is 3.34. The van der Waals surface area contributed by atoms with Gasteiger partial charge < -0.3 is 14.7 Å². The van der Waals surface area contributed by atoms with Gasteiger partial charge in [-0.1, -0.05) is 24.1 Å². The summed E-state index contributed by atoms with van der Waals surface area (Å²) >= 11 is 0. The molecule has 0 radical (unpaired) electrons. The highest BCUT2D eigenvalue weighted by molar-refractivity contribution is 6.01. The second-order valence-corrected chi connectivity index (χ2v) is 7.14. The molecule has 150 valence electrons. The van der Waals surface area contributed by atoms with E-state index in [1.165, 1.54) is 37.8 Å². The van der Waals surface area contributed by atoms with Crippen molar-refractivity contribution in [3.63, 3.8) is 0 Å². The second kappa shape index (κ2) is 8.38. The quantitative estimate of drug-likeness (QED) is 0.712. The number of hydrogen-bond acceptors (Lipinski definition) is 6. The lowest BCUT2D eigenvalue weighted by Gasteiger charge is -2.21. The van der Waals surface area contributed by atoms with Gasteiger partial charge in [0.2, 0.25) is 5.82 Å². The van der Waals surface area contributed by atoms with Gasteiger partial charge in [0.1, 0.15) is 11.6 Å². The number of nitrogens with zero attached hydrogens (tertiary/aromatic N) is 4. The largest absolute Gasteiger partial charge is 0.357 e. The summed E-state index contributed by atoms with van der Waals surface area (Å²) in [6, 6.07) is 7.97. The van der Waals surface area contributed by atoms with Gasteiger partial charge in [-0.2, -0.15) is 4.98 Å². The van der Waals surface area contributed by atoms with Crippen molar-refractivity contribution in [3.8, 4) is 11.4 Å². The topological polar surface area (TPSA) is 84.2 Å². The van der Waals surface area contributed by atoms with Crippen LogP contribution in [0.3, 0.4) is 0 Å². The van der Waals surface area contributed by atoms with Crippen molar-refractivity contribution in [1.82, 2.24) is 15.1 Å². The third-order valence-corrected chi connectivity index (χ3v) is 5.00. The molecule has 3 heterocycles. The van der Waals surface area contributed by atoms with Gasteiger partial charge in [-0.15, -0.1) is 0 Å². The molecule has 8 heteroatoms. The molecule has 1 saturated heterocycles. The van der Waals surface area contributed by atoms with Crippen molar-refractivity contribution in [3.05, 3.63) is 53.8 Å². The standard InChI is InChI=1S/C21H22FN5O2/c1-14-6-8-16(22)12-17(14)24-20(28)21-25-19(26-29-21)15-7-9-18(23-13-15)27-10-4-2-3-5-11-27/h6-9,12-13H,2-5,10-11H2,1H3,(H,24,28). The van der Waals surface area contributed by atoms with E-state index in [9.17, 15) is 9.18 Å². The van der Waals surface area contributed by atoms with E-state index >= 15 is 0 Å². The van der Waals surface area contributed by atoms with Gasteiger partial charge in [0, 0.05) is 30.5 Å². The minimum atomic E-state index is -0.591. The summed E-state index contributed by atoms with van der Waals surface area (Å²) in [5, 5.41) is 6.46. The average molecular weight is 395 g/mol. The highest BCUT2D eigenvalue weighted by Gasteiger charge is 2.18. The predicted octanol–water partition coefficient (Wildman–Crippen LogP) is 4.21. The number of pyridine rings is 1. The Balaban J connectivity index is 1.47. The van der Waals surface area contributed by atoms with Gasteiger partial charge in [-0.05, 0) is 49.6 Å². The van der Waals surface area contributed by atoms with E-state index in [0.717, 1.165) is 24.5 Å². The summed E-state index contributed by atoms with van der Waals surface area (Å²) in [5.74, 6) is -0.0146. The average Bonchev–Trinajstić information content (AvgIpc) is 3.07. The van der Waals surface area contributed by atoms with E-state index in [0.29, 0.717) is 11.3 Å². The molecule has 1 aromatic carbocycles. The highest BCUT2D eigenvalue weighted by atomic mass is 19.1. The van der Waals surface area contributed by atoms with Crippen LogP contribution in [0.4, 0.5) is 15.9 Å². The van der Waals surface area contributed by atoms with E-state index in [1.807, 2.05) is 12.1 Å². The summed E-state index contributed by atoms with van der Waals surface area (Å²) in [7, 11) is 0. The molecule has 1 N–H and O–H groups in total. The van der Waals surface area contributed by atoms with E-state index in [1.54, 1.807) is 19.2 Å². The van der Waals surface area contributed by atoms with Crippen LogP contribution in [-0.2, 0) is 0 Å². The molecule has 2 aromatic heterocycles. The Labute approximate surface area is 168 Å². The lowest BCUT2D eigenvalue weighted by atomic mass is 10.2. The van der Waals surface area contributed by atoms with E-state index in [2.05, 4.69) is 25.3 Å². The maximum absolute atomic E-state index is 13.4. The van der Waals surface area contributed by atoms with Gasteiger partial charge in [0.25, 0.3) is 0 Å². The number of aromatic nitrogens is 3. The zero-order valence-electron chi connectivity index (χ0n) is 16.2. The first kappa shape index (κ1) is 19.0. The van der Waals surface area contributed by atoms with Crippen LogP contribution in [0.1, 0.15) is 41.9 Å². The van der Waals surface area contributed by atoms with E-state index < -0.39 is 11.7 Å². The van der Waals surface area contributed by atoms with E-state index in [-0.39, 0.29) is 11.7 Å². The van der Waals surface area contributed by atoms with E-state index in [4.69, 9.17) is 4.52 Å². The van der Waals surface area contributed by atoms with Crippen LogP contribution in [0.15, 0.2) is 41.1 Å². The van der Waals surface area contributed by atoms with Gasteiger partial charge in [0.15, 0.2) is 0 Å². The summed E-state index contributed by atoms with van der Waals surface area (Å²) in [5.41, 5.74) is 1.75. The van der Waals surface area contributed by atoms with Gasteiger partial charge in [-0.3, -0.25) is 4.79 Å². The zero-order valence-corrected chi connectivity index (χ0v) is 16.2. The molecular formula is C21H22FN5O2.